The molecule has 2 nitrogen and oxygen atoms in total. The van der Waals surface area contributed by atoms with E-state index in [1.807, 2.05) is 0 Å². The Morgan fingerprint density at radius 2 is 2.33 bits per heavy atom. The predicted molar refractivity (Wildman–Crippen MR) is 45.2 cm³/mol. The van der Waals surface area contributed by atoms with Crippen LogP contribution in [0, 0.1) is 0 Å². The van der Waals surface area contributed by atoms with Gasteiger partial charge in [0.25, 0.3) is 6.43 Å². The number of halogens is 3. The van der Waals surface area contributed by atoms with Crippen molar-refractivity contribution >= 4 is 33.6 Å². The van der Waals surface area contributed by atoms with E-state index in [1.54, 1.807) is 0 Å². The van der Waals surface area contributed by atoms with E-state index in [4.69, 9.17) is 0 Å². The molecule has 0 saturated carbocycles. The van der Waals surface area contributed by atoms with Crippen molar-refractivity contribution in [1.82, 2.24) is 4.98 Å². The zero-order valence-corrected chi connectivity index (χ0v) is 8.11. The second-order valence-corrected chi connectivity index (χ2v) is 3.84. The summed E-state index contributed by atoms with van der Waals surface area (Å²) in [6.07, 6.45) is -1.97. The van der Waals surface area contributed by atoms with Gasteiger partial charge in [0.2, 0.25) is 0 Å². The lowest BCUT2D eigenvalue weighted by molar-refractivity contribution is 0.111. The molecule has 1 rings (SSSR count). The van der Waals surface area contributed by atoms with Gasteiger partial charge in [-0.2, -0.15) is 0 Å². The third-order valence-corrected chi connectivity index (χ3v) is 3.20. The smallest absolute Gasteiger partial charge is 0.257 e. The lowest BCUT2D eigenvalue weighted by Gasteiger charge is -2.02. The van der Waals surface area contributed by atoms with Crippen LogP contribution in [-0.2, 0) is 0 Å². The number of nitrogens with zero attached hydrogens (tertiary/aromatic N) is 1. The zero-order chi connectivity index (χ0) is 9.14. The number of thiazole rings is 1. The Morgan fingerprint density at radius 3 is 2.75 bits per heavy atom. The van der Waals surface area contributed by atoms with Crippen LogP contribution in [0.3, 0.4) is 0 Å². The van der Waals surface area contributed by atoms with Gasteiger partial charge in [-0.25, -0.2) is 13.8 Å². The van der Waals surface area contributed by atoms with Crippen molar-refractivity contribution in [3.63, 3.8) is 0 Å². The number of carbonyl (C=O) groups excluding carboxylic acids is 1. The van der Waals surface area contributed by atoms with Crippen molar-refractivity contribution in [2.45, 2.75) is 11.3 Å². The van der Waals surface area contributed by atoms with Crippen LogP contribution in [0.4, 0.5) is 8.78 Å². The molecule has 0 bridgehead atoms. The molecule has 6 heteroatoms. The lowest BCUT2D eigenvalue weighted by atomic mass is 10.4. The van der Waals surface area contributed by atoms with E-state index in [0.29, 0.717) is 6.29 Å². The van der Waals surface area contributed by atoms with Crippen molar-refractivity contribution < 1.29 is 13.6 Å². The second-order valence-electron chi connectivity index (χ2n) is 1.96. The van der Waals surface area contributed by atoms with Gasteiger partial charge in [0, 0.05) is 5.38 Å². The Balaban J connectivity index is 2.81. The second kappa shape index (κ2) is 4.04. The highest BCUT2D eigenvalue weighted by Crippen LogP contribution is 2.31. The van der Waals surface area contributed by atoms with Crippen LogP contribution in [0.15, 0.2) is 5.38 Å². The van der Waals surface area contributed by atoms with Gasteiger partial charge in [-0.05, 0) is 0 Å². The lowest BCUT2D eigenvalue weighted by Crippen LogP contribution is -2.00. The van der Waals surface area contributed by atoms with E-state index in [0.717, 1.165) is 11.3 Å². The minimum absolute atomic E-state index is 0.195. The topological polar surface area (TPSA) is 30.0 Å². The normalized spacial score (nSPS) is 13.3. The van der Waals surface area contributed by atoms with Crippen LogP contribution in [-0.4, -0.2) is 17.7 Å². The molecular formula is C6H4BrF2NOS. The average molecular weight is 256 g/mol. The van der Waals surface area contributed by atoms with Crippen LogP contribution in [0.1, 0.15) is 20.3 Å². The Labute approximate surface area is 79.7 Å². The summed E-state index contributed by atoms with van der Waals surface area (Å²) < 4.78 is 24.1. The molecule has 1 aromatic heterocycles. The molecule has 0 aliphatic rings. The number of rotatable bonds is 3. The molecule has 0 spiro atoms. The maximum absolute atomic E-state index is 12.1. The minimum atomic E-state index is -2.50. The number of aromatic nitrogens is 1. The third-order valence-electron chi connectivity index (χ3n) is 1.12. The number of carbonyl (C=O) groups is 1. The first-order valence-corrected chi connectivity index (χ1v) is 4.77. The van der Waals surface area contributed by atoms with Gasteiger partial charge in [0.15, 0.2) is 6.29 Å². The van der Waals surface area contributed by atoms with Crippen molar-refractivity contribution in [2.75, 3.05) is 0 Å². The summed E-state index contributed by atoms with van der Waals surface area (Å²) in [7, 11) is 0. The first-order chi connectivity index (χ1) is 5.65. The van der Waals surface area contributed by atoms with Crippen molar-refractivity contribution in [2.24, 2.45) is 0 Å². The minimum Gasteiger partial charge on any atom is -0.296 e. The maximum atomic E-state index is 12.1. The fourth-order valence-electron chi connectivity index (χ4n) is 0.589. The van der Waals surface area contributed by atoms with E-state index < -0.39 is 11.3 Å². The van der Waals surface area contributed by atoms with Crippen LogP contribution < -0.4 is 0 Å². The highest BCUT2D eigenvalue weighted by Gasteiger charge is 2.21. The molecule has 1 unspecified atom stereocenters. The molecular weight excluding hydrogens is 252 g/mol. The molecule has 1 heterocycles. The SMILES string of the molecule is O=Cc1csc(C(Br)C(F)F)n1. The highest BCUT2D eigenvalue weighted by molar-refractivity contribution is 9.09. The van der Waals surface area contributed by atoms with Gasteiger partial charge in [-0.1, -0.05) is 15.9 Å². The van der Waals surface area contributed by atoms with E-state index in [1.165, 1.54) is 5.38 Å². The fourth-order valence-corrected chi connectivity index (χ4v) is 1.76. The summed E-state index contributed by atoms with van der Waals surface area (Å²) in [6.45, 7) is 0. The molecule has 0 aliphatic carbocycles. The summed E-state index contributed by atoms with van der Waals surface area (Å²) in [4.78, 5) is 12.8. The molecule has 0 radical (unpaired) electrons. The van der Waals surface area contributed by atoms with Crippen LogP contribution in [0.2, 0.25) is 0 Å². The van der Waals surface area contributed by atoms with Gasteiger partial charge < -0.3 is 0 Å². The molecule has 12 heavy (non-hydrogen) atoms. The molecule has 0 aromatic carbocycles. The molecule has 1 atom stereocenters. The van der Waals surface area contributed by atoms with Crippen LogP contribution in [0.5, 0.6) is 0 Å². The molecule has 0 N–H and O–H groups in total. The number of hydrogen-bond donors (Lipinski definition) is 0. The van der Waals surface area contributed by atoms with Gasteiger partial charge in [-0.3, -0.25) is 4.79 Å². The predicted octanol–water partition coefficient (Wildman–Crippen LogP) is 2.66. The fraction of sp³-hybridized carbons (Fsp3) is 0.333. The van der Waals surface area contributed by atoms with Gasteiger partial charge >= 0.3 is 0 Å². The highest BCUT2D eigenvalue weighted by atomic mass is 79.9. The van der Waals surface area contributed by atoms with Gasteiger partial charge in [0.1, 0.15) is 15.5 Å². The molecule has 0 saturated heterocycles. The van der Waals surface area contributed by atoms with Crippen LogP contribution >= 0.6 is 27.3 Å². The Hall–Kier alpha value is -0.360. The first kappa shape index (κ1) is 9.73. The summed E-state index contributed by atoms with van der Waals surface area (Å²) in [5.74, 6) is 0. The Bertz CT molecular complexity index is 278. The molecule has 0 aliphatic heterocycles. The van der Waals surface area contributed by atoms with Crippen molar-refractivity contribution in [3.8, 4) is 0 Å². The van der Waals surface area contributed by atoms with E-state index in [2.05, 4.69) is 20.9 Å². The summed E-state index contributed by atoms with van der Waals surface area (Å²) >= 11 is 3.82. The Kier molecular flexibility index (Phi) is 3.28. The number of aldehydes is 1. The number of hydrogen-bond acceptors (Lipinski definition) is 3. The molecule has 0 fully saturated rings. The van der Waals surface area contributed by atoms with E-state index >= 15 is 0 Å². The molecule has 0 amide bonds. The molecule has 66 valence electrons. The quantitative estimate of drug-likeness (QED) is 0.614. The van der Waals surface area contributed by atoms with Crippen molar-refractivity contribution in [3.05, 3.63) is 16.1 Å². The molecule has 1 aromatic rings. The number of alkyl halides is 3. The maximum Gasteiger partial charge on any atom is 0.257 e. The van der Waals surface area contributed by atoms with Crippen LogP contribution in [0.25, 0.3) is 0 Å². The van der Waals surface area contributed by atoms with E-state index in [9.17, 15) is 13.6 Å². The first-order valence-electron chi connectivity index (χ1n) is 2.98. The van der Waals surface area contributed by atoms with E-state index in [-0.39, 0.29) is 10.7 Å². The largest absolute Gasteiger partial charge is 0.296 e. The van der Waals surface area contributed by atoms with Crippen molar-refractivity contribution in [1.29, 1.82) is 0 Å². The summed E-state index contributed by atoms with van der Waals surface area (Å²) in [5.41, 5.74) is 0.195. The summed E-state index contributed by atoms with van der Waals surface area (Å²) in [6, 6.07) is 0. The summed E-state index contributed by atoms with van der Waals surface area (Å²) in [5, 5.41) is 1.67. The Morgan fingerprint density at radius 1 is 1.67 bits per heavy atom. The standard InChI is InChI=1S/C6H4BrF2NOS/c7-4(5(8)9)6-10-3(1-11)2-12-6/h1-2,4-5H. The zero-order valence-electron chi connectivity index (χ0n) is 5.71. The van der Waals surface area contributed by atoms with Gasteiger partial charge in [-0.15, -0.1) is 11.3 Å². The average Bonchev–Trinajstić information content (AvgIpc) is 2.50. The monoisotopic (exact) mass is 255 g/mol. The third kappa shape index (κ3) is 2.07. The van der Waals surface area contributed by atoms with Gasteiger partial charge in [0.05, 0.1) is 0 Å².